The molecule has 0 spiro atoms. The molecular formula is C24H38O6. The second-order valence-corrected chi connectivity index (χ2v) is 10.2. The molecule has 6 heteroatoms. The minimum absolute atomic E-state index is 0.0102. The Balaban J connectivity index is 2.09. The van der Waals surface area contributed by atoms with E-state index in [9.17, 15) is 19.8 Å². The Morgan fingerprint density at radius 2 is 2.10 bits per heavy atom. The molecule has 1 unspecified atom stereocenters. The molecule has 0 saturated carbocycles. The number of aliphatic hydroxyl groups is 2. The van der Waals surface area contributed by atoms with Gasteiger partial charge in [0.05, 0.1) is 11.7 Å². The van der Waals surface area contributed by atoms with E-state index in [1.807, 2.05) is 27.7 Å². The van der Waals surface area contributed by atoms with Gasteiger partial charge in [-0.3, -0.25) is 9.59 Å². The molecule has 6 nitrogen and oxygen atoms in total. The summed E-state index contributed by atoms with van der Waals surface area (Å²) in [5.74, 6) is -0.845. The summed E-state index contributed by atoms with van der Waals surface area (Å²) < 4.78 is 12.6. The highest BCUT2D eigenvalue weighted by Crippen LogP contribution is 2.51. The predicted molar refractivity (Wildman–Crippen MR) is 113 cm³/mol. The van der Waals surface area contributed by atoms with Crippen molar-refractivity contribution in [3.8, 4) is 0 Å². The molecule has 1 aliphatic carbocycles. The van der Waals surface area contributed by atoms with Gasteiger partial charge < -0.3 is 19.7 Å². The third-order valence-corrected chi connectivity index (χ3v) is 7.64. The molecular weight excluding hydrogens is 384 g/mol. The molecule has 0 amide bonds. The minimum atomic E-state index is -1.26. The predicted octanol–water partition coefficient (Wildman–Crippen LogP) is 3.19. The van der Waals surface area contributed by atoms with Gasteiger partial charge in [-0.25, -0.2) is 0 Å². The number of carbonyl (C=O) groups is 2. The molecule has 2 saturated heterocycles. The number of aliphatic hydroxyl groups excluding tert-OH is 1. The van der Waals surface area contributed by atoms with Gasteiger partial charge >= 0.3 is 5.97 Å². The number of rotatable bonds is 5. The van der Waals surface area contributed by atoms with Crippen LogP contribution in [0.1, 0.15) is 73.1 Å². The maximum atomic E-state index is 13.4. The summed E-state index contributed by atoms with van der Waals surface area (Å²) >= 11 is 0. The third-order valence-electron chi connectivity index (χ3n) is 7.64. The van der Waals surface area contributed by atoms with Crippen LogP contribution in [0.3, 0.4) is 0 Å². The molecule has 0 aromatic carbocycles. The van der Waals surface area contributed by atoms with Crippen LogP contribution in [0.5, 0.6) is 0 Å². The van der Waals surface area contributed by atoms with E-state index in [4.69, 9.17) is 9.47 Å². The van der Waals surface area contributed by atoms with Crippen molar-refractivity contribution in [2.75, 3.05) is 6.61 Å². The zero-order valence-electron chi connectivity index (χ0n) is 19.0. The molecule has 0 aromatic heterocycles. The van der Waals surface area contributed by atoms with Gasteiger partial charge in [-0.15, -0.1) is 0 Å². The lowest BCUT2D eigenvalue weighted by molar-refractivity contribution is -0.255. The van der Waals surface area contributed by atoms with Gasteiger partial charge in [0.25, 0.3) is 0 Å². The molecule has 170 valence electrons. The average Bonchev–Trinajstić information content (AvgIpc) is 2.65. The molecule has 2 bridgehead atoms. The van der Waals surface area contributed by atoms with E-state index in [0.29, 0.717) is 25.7 Å². The second kappa shape index (κ2) is 8.71. The maximum absolute atomic E-state index is 13.4. The van der Waals surface area contributed by atoms with E-state index in [1.165, 1.54) is 0 Å². The van der Waals surface area contributed by atoms with Crippen LogP contribution in [0.15, 0.2) is 11.6 Å². The Morgan fingerprint density at radius 1 is 1.40 bits per heavy atom. The minimum Gasteiger partial charge on any atom is -0.457 e. The van der Waals surface area contributed by atoms with Crippen LogP contribution >= 0.6 is 0 Å². The highest BCUT2D eigenvalue weighted by molar-refractivity contribution is 5.85. The molecule has 8 atom stereocenters. The fourth-order valence-corrected chi connectivity index (χ4v) is 5.88. The summed E-state index contributed by atoms with van der Waals surface area (Å²) in [4.78, 5) is 25.9. The fourth-order valence-electron chi connectivity index (χ4n) is 5.88. The number of allylic oxidation sites excluding steroid dienone is 2. The van der Waals surface area contributed by atoms with Gasteiger partial charge in [0, 0.05) is 31.3 Å². The number of fused-ring (bicyclic) bond motifs is 4. The first-order valence-corrected chi connectivity index (χ1v) is 11.4. The van der Waals surface area contributed by atoms with E-state index in [-0.39, 0.29) is 42.5 Å². The Morgan fingerprint density at radius 3 is 2.73 bits per heavy atom. The zero-order valence-corrected chi connectivity index (χ0v) is 19.0. The first-order valence-electron chi connectivity index (χ1n) is 11.4. The lowest BCUT2D eigenvalue weighted by Crippen LogP contribution is -2.64. The monoisotopic (exact) mass is 422 g/mol. The molecule has 2 aliphatic heterocycles. The SMILES string of the molecule is CCCC(=O)O[C@]1(C)CC[C@H]2O[C@@H]1[C@H]1[C@@H](C(=O)C[C@]2(C)O)C(C)=CC[C@@H]1C(C)CO. The van der Waals surface area contributed by atoms with Crippen molar-refractivity contribution in [1.29, 1.82) is 0 Å². The third kappa shape index (κ3) is 4.23. The van der Waals surface area contributed by atoms with Gasteiger partial charge in [-0.05, 0) is 58.3 Å². The van der Waals surface area contributed by atoms with Crippen LogP contribution in [0.25, 0.3) is 0 Å². The zero-order chi connectivity index (χ0) is 22.3. The van der Waals surface area contributed by atoms with Gasteiger partial charge in [-0.2, -0.15) is 0 Å². The van der Waals surface area contributed by atoms with Crippen LogP contribution in [-0.4, -0.2) is 52.0 Å². The summed E-state index contributed by atoms with van der Waals surface area (Å²) in [5.41, 5.74) is -1.15. The van der Waals surface area contributed by atoms with Crippen LogP contribution in [0.2, 0.25) is 0 Å². The highest BCUT2D eigenvalue weighted by atomic mass is 16.6. The summed E-state index contributed by atoms with van der Waals surface area (Å²) in [6.45, 7) is 9.51. The van der Waals surface area contributed by atoms with Crippen LogP contribution in [0.4, 0.5) is 0 Å². The molecule has 3 rings (SSSR count). The molecule has 0 radical (unpaired) electrons. The van der Waals surface area contributed by atoms with Crippen molar-refractivity contribution in [2.45, 2.75) is 96.6 Å². The van der Waals surface area contributed by atoms with Crippen molar-refractivity contribution >= 4 is 11.8 Å². The number of ether oxygens (including phenoxy) is 2. The average molecular weight is 423 g/mol. The molecule has 30 heavy (non-hydrogen) atoms. The largest absolute Gasteiger partial charge is 0.457 e. The van der Waals surface area contributed by atoms with Gasteiger partial charge in [0.15, 0.2) is 0 Å². The lowest BCUT2D eigenvalue weighted by atomic mass is 9.59. The van der Waals surface area contributed by atoms with Crippen LogP contribution in [-0.2, 0) is 19.1 Å². The van der Waals surface area contributed by atoms with Crippen LogP contribution < -0.4 is 0 Å². The summed E-state index contributed by atoms with van der Waals surface area (Å²) in [6, 6.07) is 0. The number of hydrogen-bond donors (Lipinski definition) is 2. The fraction of sp³-hybridized carbons (Fsp3) is 0.833. The van der Waals surface area contributed by atoms with E-state index >= 15 is 0 Å². The second-order valence-electron chi connectivity index (χ2n) is 10.2. The van der Waals surface area contributed by atoms with Gasteiger partial charge in [0.1, 0.15) is 17.5 Å². The maximum Gasteiger partial charge on any atom is 0.306 e. The van der Waals surface area contributed by atoms with Crippen molar-refractivity contribution in [1.82, 2.24) is 0 Å². The van der Waals surface area contributed by atoms with Crippen LogP contribution in [0, 0.1) is 23.7 Å². The molecule has 2 N–H and O–H groups in total. The first kappa shape index (κ1) is 23.4. The highest BCUT2D eigenvalue weighted by Gasteiger charge is 2.58. The Kier molecular flexibility index (Phi) is 6.80. The van der Waals surface area contributed by atoms with E-state index < -0.39 is 29.3 Å². The first-order chi connectivity index (χ1) is 14.0. The Bertz CT molecular complexity index is 698. The van der Waals surface area contributed by atoms with E-state index in [2.05, 4.69) is 6.08 Å². The van der Waals surface area contributed by atoms with Crippen molar-refractivity contribution in [3.63, 3.8) is 0 Å². The van der Waals surface area contributed by atoms with Crippen molar-refractivity contribution in [2.24, 2.45) is 23.7 Å². The Hall–Kier alpha value is -1.24. The number of carbonyl (C=O) groups excluding carboxylic acids is 2. The normalized spacial score (nSPS) is 42.4. The van der Waals surface area contributed by atoms with Gasteiger partial charge in [0.2, 0.25) is 0 Å². The lowest BCUT2D eigenvalue weighted by Gasteiger charge is -2.55. The molecule has 2 heterocycles. The number of ketones is 1. The molecule has 2 fully saturated rings. The number of hydrogen-bond acceptors (Lipinski definition) is 6. The quantitative estimate of drug-likeness (QED) is 0.522. The van der Waals surface area contributed by atoms with Gasteiger partial charge in [-0.1, -0.05) is 25.5 Å². The standard InChI is InChI=1S/C24H38O6/c1-6-7-19(27)30-24(5)11-10-18-23(4,28)12-17(26)20-14(2)8-9-16(15(3)13-25)21(20)22(24)29-18/h8,15-16,18,20-22,25,28H,6-7,9-13H2,1-5H3/t15?,16-,18-,20-,21-,22-,23+,24-/m1/s1. The molecule has 0 aromatic rings. The summed E-state index contributed by atoms with van der Waals surface area (Å²) in [7, 11) is 0. The van der Waals surface area contributed by atoms with Crippen molar-refractivity contribution in [3.05, 3.63) is 11.6 Å². The van der Waals surface area contributed by atoms with E-state index in [0.717, 1.165) is 12.0 Å². The number of Topliss-reactive ketones (excluding diaryl/α,β-unsaturated/α-hetero) is 1. The summed E-state index contributed by atoms with van der Waals surface area (Å²) in [6.07, 6.45) is 4.04. The topological polar surface area (TPSA) is 93.1 Å². The smallest absolute Gasteiger partial charge is 0.306 e. The number of esters is 1. The van der Waals surface area contributed by atoms with E-state index in [1.54, 1.807) is 6.92 Å². The molecule has 3 aliphatic rings. The van der Waals surface area contributed by atoms with Crippen molar-refractivity contribution < 1.29 is 29.3 Å². The summed E-state index contributed by atoms with van der Waals surface area (Å²) in [5, 5.41) is 21.0. The Labute approximate surface area is 180 Å².